The fourth-order valence-electron chi connectivity index (χ4n) is 15.9. The van der Waals surface area contributed by atoms with Gasteiger partial charge in [0.25, 0.3) is 0 Å². The van der Waals surface area contributed by atoms with E-state index in [2.05, 4.69) is 103 Å². The lowest BCUT2D eigenvalue weighted by atomic mass is 9.38. The van der Waals surface area contributed by atoms with Gasteiger partial charge in [0.05, 0.1) is 23.2 Å². The van der Waals surface area contributed by atoms with Crippen molar-refractivity contribution in [2.24, 2.45) is 45.8 Å². The molecule has 6 bridgehead atoms. The minimum Gasteiger partial charge on any atom is -0.508 e. The zero-order chi connectivity index (χ0) is 45.0. The second-order valence-corrected chi connectivity index (χ2v) is 21.4. The van der Waals surface area contributed by atoms with Crippen LogP contribution in [-0.4, -0.2) is 43.9 Å². The molecule has 5 fully saturated rings. The van der Waals surface area contributed by atoms with Gasteiger partial charge in [-0.3, -0.25) is 0 Å². The lowest BCUT2D eigenvalue weighted by molar-refractivity contribution is -0.136. The first-order valence-electron chi connectivity index (χ1n) is 25.3. The van der Waals surface area contributed by atoms with E-state index in [1.165, 1.54) is 36.8 Å². The number of carbonyl (C=O) groups excluding carboxylic acids is 2. The van der Waals surface area contributed by atoms with Gasteiger partial charge >= 0.3 is 11.9 Å². The van der Waals surface area contributed by atoms with Gasteiger partial charge in [-0.15, -0.1) is 0 Å². The summed E-state index contributed by atoms with van der Waals surface area (Å²) in [6.07, 6.45) is 21.4. The highest BCUT2D eigenvalue weighted by molar-refractivity contribution is 6.08. The first-order chi connectivity index (χ1) is 32.2. The van der Waals surface area contributed by atoms with E-state index in [9.17, 15) is 5.11 Å². The third-order valence-corrected chi connectivity index (χ3v) is 18.8. The Morgan fingerprint density at radius 2 is 1.74 bits per heavy atom. The molecule has 0 amide bonds. The third kappa shape index (κ3) is 6.19. The standard InChI is InChI=1S/C58H65N3O5/c1-4-34(28-35-10-6-5-7-11-35)29-47-58-26-20-45-49(51(58)55(64)65-47)44-32-41(62)17-18-42(44)36-12-8-13-37(30-36)46(59-2)21-25-56(45)24-19-43-50(53(56)58)54(63)66-52(43)38-15-16-39-14-9-23-57(39,33-38)40-22-27-61-48(31-40)60-3/h5-8,10-13,17-18,21,25,29-30,32,34,39-40,45-46,48,53,59-62H,4,9,14-16,19-20,22-24,26-28,31,33H2,1-3H3. The number of benzene rings is 3. The smallest absolute Gasteiger partial charge is 0.340 e. The number of rotatable bonds is 7. The maximum Gasteiger partial charge on any atom is 0.340 e. The number of nitrogens with one attached hydrogen (secondary N) is 3. The summed E-state index contributed by atoms with van der Waals surface area (Å²) in [4.78, 5) is 30.6. The van der Waals surface area contributed by atoms with Crippen molar-refractivity contribution in [3.8, 4) is 16.9 Å². The summed E-state index contributed by atoms with van der Waals surface area (Å²) >= 11 is 0. The van der Waals surface area contributed by atoms with Crippen molar-refractivity contribution in [1.29, 1.82) is 0 Å². The molecule has 0 aromatic heterocycles. The van der Waals surface area contributed by atoms with Crippen LogP contribution in [-0.2, 0) is 25.5 Å². The highest BCUT2D eigenvalue weighted by Gasteiger charge is 2.73. The molecule has 13 rings (SSSR count). The van der Waals surface area contributed by atoms with E-state index >= 15 is 9.59 Å². The van der Waals surface area contributed by atoms with Crippen molar-refractivity contribution in [3.63, 3.8) is 0 Å². The molecular weight excluding hydrogens is 819 g/mol. The molecule has 8 heteroatoms. The minimum atomic E-state index is -0.915. The molecule has 2 spiro atoms. The van der Waals surface area contributed by atoms with E-state index in [0.717, 1.165) is 109 Å². The number of ether oxygens (including phenoxy) is 2. The SMILES string of the molecule is CCC(C=C1OC(=O)C2=C3c4cc(O)ccc4-c4cccc(c4)C(NC)C=CC45CCC6=C(C(=O)OC6=C6CCC7CCCC7(C7CCNC(NC)C7)C6)C4C12CCC35)Cc1ccccc1. The molecule has 0 radical (unpaired) electrons. The Bertz CT molecular complexity index is 2680. The zero-order valence-corrected chi connectivity index (χ0v) is 38.9. The van der Waals surface area contributed by atoms with E-state index in [4.69, 9.17) is 9.47 Å². The number of phenolic OH excluding ortho intramolecular Hbond substituents is 1. The average molecular weight is 884 g/mol. The number of esters is 2. The number of piperidine rings is 1. The Balaban J connectivity index is 1.09. The molecule has 10 atom stereocenters. The summed E-state index contributed by atoms with van der Waals surface area (Å²) in [5.41, 5.74) is 8.90. The van der Waals surface area contributed by atoms with Crippen LogP contribution < -0.4 is 16.0 Å². The summed E-state index contributed by atoms with van der Waals surface area (Å²) in [5, 5.41) is 22.2. The van der Waals surface area contributed by atoms with Crippen molar-refractivity contribution in [3.05, 3.63) is 142 Å². The molecule has 10 unspecified atom stereocenters. The molecule has 342 valence electrons. The summed E-state index contributed by atoms with van der Waals surface area (Å²) < 4.78 is 13.6. The number of aromatic hydroxyl groups is 1. The summed E-state index contributed by atoms with van der Waals surface area (Å²) in [6, 6.07) is 24.8. The first-order valence-corrected chi connectivity index (χ1v) is 25.3. The molecule has 4 N–H and O–H groups in total. The van der Waals surface area contributed by atoms with Crippen molar-refractivity contribution in [2.75, 3.05) is 20.6 Å². The molecule has 8 nitrogen and oxygen atoms in total. The molecule has 3 aromatic rings. The van der Waals surface area contributed by atoms with Crippen molar-refractivity contribution in [1.82, 2.24) is 16.0 Å². The molecular formula is C58H65N3O5. The Kier molecular flexibility index (Phi) is 10.3. The largest absolute Gasteiger partial charge is 0.508 e. The molecule has 3 aromatic carbocycles. The maximum absolute atomic E-state index is 15.4. The van der Waals surface area contributed by atoms with Gasteiger partial charge in [-0.05, 0) is 196 Å². The Morgan fingerprint density at radius 1 is 0.864 bits per heavy atom. The molecule has 66 heavy (non-hydrogen) atoms. The van der Waals surface area contributed by atoms with Gasteiger partial charge in [-0.25, -0.2) is 9.59 Å². The molecule has 2 saturated heterocycles. The molecule has 3 saturated carbocycles. The minimum absolute atomic E-state index is 0.0887. The number of phenols is 1. The van der Waals surface area contributed by atoms with Crippen LogP contribution in [0.5, 0.6) is 5.75 Å². The lowest BCUT2D eigenvalue weighted by Gasteiger charge is -2.62. The molecule has 7 aliphatic carbocycles. The number of cyclic esters (lactones) is 2. The number of hydrogen-bond donors (Lipinski definition) is 4. The summed E-state index contributed by atoms with van der Waals surface area (Å²) in [5.74, 6) is 2.12. The predicted molar refractivity (Wildman–Crippen MR) is 257 cm³/mol. The van der Waals surface area contributed by atoms with E-state index in [1.807, 2.05) is 19.2 Å². The highest BCUT2D eigenvalue weighted by Crippen LogP contribution is 2.77. The first kappa shape index (κ1) is 42.3. The van der Waals surface area contributed by atoms with Gasteiger partial charge in [0, 0.05) is 22.5 Å². The number of hydrogen-bond acceptors (Lipinski definition) is 8. The van der Waals surface area contributed by atoms with Gasteiger partial charge in [-0.1, -0.05) is 80.1 Å². The van der Waals surface area contributed by atoms with Gasteiger partial charge in [0.2, 0.25) is 0 Å². The zero-order valence-electron chi connectivity index (χ0n) is 38.9. The monoisotopic (exact) mass is 883 g/mol. The second-order valence-electron chi connectivity index (χ2n) is 21.4. The Hall–Kier alpha value is -5.02. The van der Waals surface area contributed by atoms with Crippen LogP contribution >= 0.6 is 0 Å². The van der Waals surface area contributed by atoms with Crippen LogP contribution in [0.3, 0.4) is 0 Å². The van der Waals surface area contributed by atoms with E-state index in [-0.39, 0.29) is 46.9 Å². The van der Waals surface area contributed by atoms with Gasteiger partial charge in [0.15, 0.2) is 0 Å². The third-order valence-electron chi connectivity index (χ3n) is 18.8. The maximum atomic E-state index is 15.4. The lowest BCUT2D eigenvalue weighted by Crippen LogP contribution is -2.58. The van der Waals surface area contributed by atoms with E-state index < -0.39 is 10.8 Å². The number of fused-ring (bicyclic) bond motifs is 6. The number of carbonyl (C=O) groups is 2. The average Bonchev–Trinajstić information content (AvgIpc) is 4.02. The van der Waals surface area contributed by atoms with Crippen LogP contribution in [0, 0.1) is 45.8 Å². The molecule has 3 aliphatic heterocycles. The second kappa shape index (κ2) is 16.1. The number of allylic oxidation sites excluding steroid dienone is 6. The molecule has 10 aliphatic rings. The highest BCUT2D eigenvalue weighted by atomic mass is 16.6. The molecule has 3 heterocycles. The van der Waals surface area contributed by atoms with E-state index in [0.29, 0.717) is 35.8 Å². The van der Waals surface area contributed by atoms with Gasteiger partial charge in [0.1, 0.15) is 17.3 Å². The van der Waals surface area contributed by atoms with Gasteiger partial charge < -0.3 is 30.5 Å². The quantitative estimate of drug-likeness (QED) is 0.137. The topological polar surface area (TPSA) is 109 Å². The van der Waals surface area contributed by atoms with Gasteiger partial charge in [-0.2, -0.15) is 0 Å². The Morgan fingerprint density at radius 3 is 2.58 bits per heavy atom. The van der Waals surface area contributed by atoms with Crippen LogP contribution in [0.25, 0.3) is 16.7 Å². The summed E-state index contributed by atoms with van der Waals surface area (Å²) in [6.45, 7) is 3.25. The summed E-state index contributed by atoms with van der Waals surface area (Å²) in [7, 11) is 4.09. The van der Waals surface area contributed by atoms with Crippen molar-refractivity contribution in [2.45, 2.75) is 109 Å². The number of likely N-dealkylation sites (N-methyl/N-ethyl adjacent to an activating group) is 1. The normalized spacial score (nSPS) is 36.3. The van der Waals surface area contributed by atoms with E-state index in [1.54, 1.807) is 6.07 Å². The fourth-order valence-corrected chi connectivity index (χ4v) is 15.9. The van der Waals surface area contributed by atoms with Crippen LogP contribution in [0.1, 0.15) is 113 Å². The van der Waals surface area contributed by atoms with Crippen LogP contribution in [0.15, 0.2) is 125 Å². The fraction of sp³-hybridized carbons (Fsp3) is 0.483. The van der Waals surface area contributed by atoms with Crippen molar-refractivity contribution >= 4 is 17.5 Å². The predicted octanol–water partition coefficient (Wildman–Crippen LogP) is 10.8. The van der Waals surface area contributed by atoms with Crippen molar-refractivity contribution < 1.29 is 24.2 Å². The van der Waals surface area contributed by atoms with Crippen LogP contribution in [0.4, 0.5) is 0 Å². The Labute approximate surface area is 390 Å². The van der Waals surface area contributed by atoms with Crippen LogP contribution in [0.2, 0.25) is 0 Å².